The summed E-state index contributed by atoms with van der Waals surface area (Å²) in [6, 6.07) is 5.21. The molecule has 0 unspecified atom stereocenters. The minimum atomic E-state index is -3.58. The Balaban J connectivity index is 2.65. The first-order chi connectivity index (χ1) is 10.6. The second-order valence-corrected chi connectivity index (χ2v) is 6.82. The molecule has 0 aliphatic heterocycles. The zero-order valence-corrected chi connectivity index (χ0v) is 13.4. The number of nitrogens with one attached hydrogen (secondary N) is 2. The SMILES string of the molecule is CN(C)S(=O)(=O)c1ccc(C(=O)NCC(=O)NCC(=O)O)cc1. The molecule has 0 bridgehead atoms. The lowest BCUT2D eigenvalue weighted by Crippen LogP contribution is -2.39. The van der Waals surface area contributed by atoms with E-state index in [1.54, 1.807) is 0 Å². The Labute approximate surface area is 133 Å². The monoisotopic (exact) mass is 343 g/mol. The number of hydrogen-bond acceptors (Lipinski definition) is 5. The number of carboxylic acid groups (broad SMARTS) is 1. The Morgan fingerprint density at radius 3 is 2.09 bits per heavy atom. The first-order valence-corrected chi connectivity index (χ1v) is 7.88. The average molecular weight is 343 g/mol. The fourth-order valence-electron chi connectivity index (χ4n) is 1.49. The van der Waals surface area contributed by atoms with Gasteiger partial charge < -0.3 is 15.7 Å². The molecule has 0 radical (unpaired) electrons. The van der Waals surface area contributed by atoms with Crippen molar-refractivity contribution < 1.29 is 27.9 Å². The van der Waals surface area contributed by atoms with Crippen molar-refractivity contribution in [1.82, 2.24) is 14.9 Å². The second kappa shape index (κ2) is 7.70. The maximum Gasteiger partial charge on any atom is 0.322 e. The van der Waals surface area contributed by atoms with E-state index < -0.39 is 34.4 Å². The van der Waals surface area contributed by atoms with E-state index in [0.717, 1.165) is 4.31 Å². The molecule has 126 valence electrons. The molecule has 23 heavy (non-hydrogen) atoms. The molecular weight excluding hydrogens is 326 g/mol. The van der Waals surface area contributed by atoms with Crippen LogP contribution in [-0.4, -0.2) is 62.8 Å². The summed E-state index contributed by atoms with van der Waals surface area (Å²) < 4.78 is 24.8. The van der Waals surface area contributed by atoms with Gasteiger partial charge in [-0.05, 0) is 24.3 Å². The number of hydrogen-bond donors (Lipinski definition) is 3. The Hall–Kier alpha value is -2.46. The van der Waals surface area contributed by atoms with Crippen LogP contribution in [0, 0.1) is 0 Å². The third-order valence-corrected chi connectivity index (χ3v) is 4.57. The number of carbonyl (C=O) groups excluding carboxylic acids is 2. The normalized spacial score (nSPS) is 11.1. The Morgan fingerprint density at radius 2 is 1.61 bits per heavy atom. The lowest BCUT2D eigenvalue weighted by molar-refractivity contribution is -0.137. The highest BCUT2D eigenvalue weighted by molar-refractivity contribution is 7.89. The van der Waals surface area contributed by atoms with Gasteiger partial charge in [-0.3, -0.25) is 14.4 Å². The van der Waals surface area contributed by atoms with E-state index in [9.17, 15) is 22.8 Å². The van der Waals surface area contributed by atoms with Crippen LogP contribution in [0.3, 0.4) is 0 Å². The van der Waals surface area contributed by atoms with E-state index in [1.807, 2.05) is 0 Å². The molecular formula is C13H17N3O6S. The van der Waals surface area contributed by atoms with Crippen LogP contribution in [-0.2, 0) is 19.6 Å². The summed E-state index contributed by atoms with van der Waals surface area (Å²) in [6.45, 7) is -0.921. The molecule has 0 saturated heterocycles. The lowest BCUT2D eigenvalue weighted by atomic mass is 10.2. The fourth-order valence-corrected chi connectivity index (χ4v) is 2.39. The molecule has 0 aromatic heterocycles. The Morgan fingerprint density at radius 1 is 1.04 bits per heavy atom. The minimum absolute atomic E-state index is 0.0400. The van der Waals surface area contributed by atoms with E-state index in [1.165, 1.54) is 38.4 Å². The molecule has 0 aliphatic carbocycles. The minimum Gasteiger partial charge on any atom is -0.480 e. The van der Waals surface area contributed by atoms with E-state index in [4.69, 9.17) is 5.11 Å². The smallest absolute Gasteiger partial charge is 0.322 e. The van der Waals surface area contributed by atoms with Gasteiger partial charge in [0.2, 0.25) is 15.9 Å². The summed E-state index contributed by atoms with van der Waals surface area (Å²) in [5, 5.41) is 12.8. The summed E-state index contributed by atoms with van der Waals surface area (Å²) in [4.78, 5) is 33.4. The number of aliphatic carboxylic acids is 1. The van der Waals surface area contributed by atoms with E-state index in [0.29, 0.717) is 0 Å². The molecule has 3 N–H and O–H groups in total. The molecule has 0 aliphatic rings. The number of rotatable bonds is 7. The molecule has 0 saturated carbocycles. The molecule has 2 amide bonds. The van der Waals surface area contributed by atoms with Crippen LogP contribution in [0.25, 0.3) is 0 Å². The molecule has 0 heterocycles. The number of carbonyl (C=O) groups is 3. The zero-order valence-electron chi connectivity index (χ0n) is 12.6. The molecule has 1 aromatic rings. The Bertz CT molecular complexity index is 697. The van der Waals surface area contributed by atoms with Gasteiger partial charge in [0.1, 0.15) is 6.54 Å². The van der Waals surface area contributed by atoms with Crippen molar-refractivity contribution in [2.75, 3.05) is 27.2 Å². The summed E-state index contributed by atoms with van der Waals surface area (Å²) in [7, 11) is -0.790. The van der Waals surface area contributed by atoms with Gasteiger partial charge in [-0.25, -0.2) is 12.7 Å². The summed E-state index contributed by atoms with van der Waals surface area (Å²) in [5.41, 5.74) is 0.175. The second-order valence-electron chi connectivity index (χ2n) is 4.66. The van der Waals surface area contributed by atoms with Crippen LogP contribution >= 0.6 is 0 Å². The third-order valence-electron chi connectivity index (χ3n) is 2.74. The maximum atomic E-state index is 11.9. The largest absolute Gasteiger partial charge is 0.480 e. The van der Waals surface area contributed by atoms with Gasteiger partial charge in [-0.2, -0.15) is 0 Å². The van der Waals surface area contributed by atoms with Crippen molar-refractivity contribution in [3.05, 3.63) is 29.8 Å². The van der Waals surface area contributed by atoms with Gasteiger partial charge in [0.15, 0.2) is 0 Å². The molecule has 0 atom stereocenters. The van der Waals surface area contributed by atoms with Crippen molar-refractivity contribution >= 4 is 27.8 Å². The van der Waals surface area contributed by atoms with Gasteiger partial charge in [-0.1, -0.05) is 0 Å². The van der Waals surface area contributed by atoms with Crippen LogP contribution in [0.5, 0.6) is 0 Å². The summed E-state index contributed by atoms with van der Waals surface area (Å²) >= 11 is 0. The fraction of sp³-hybridized carbons (Fsp3) is 0.308. The van der Waals surface area contributed by atoms with Crippen molar-refractivity contribution in [3.8, 4) is 0 Å². The predicted molar refractivity (Wildman–Crippen MR) is 80.3 cm³/mol. The molecule has 0 spiro atoms. The van der Waals surface area contributed by atoms with Gasteiger partial charge in [0.05, 0.1) is 11.4 Å². The molecule has 9 nitrogen and oxygen atoms in total. The highest BCUT2D eigenvalue weighted by Crippen LogP contribution is 2.13. The van der Waals surface area contributed by atoms with Crippen LogP contribution in [0.2, 0.25) is 0 Å². The number of amides is 2. The number of nitrogens with zero attached hydrogens (tertiary/aromatic N) is 1. The van der Waals surface area contributed by atoms with Crippen LogP contribution in [0.15, 0.2) is 29.2 Å². The number of sulfonamides is 1. The summed E-state index contributed by atoms with van der Waals surface area (Å²) in [6.07, 6.45) is 0. The van der Waals surface area contributed by atoms with Crippen molar-refractivity contribution in [2.45, 2.75) is 4.90 Å². The third kappa shape index (κ3) is 5.34. The van der Waals surface area contributed by atoms with E-state index in [2.05, 4.69) is 10.6 Å². The van der Waals surface area contributed by atoms with Crippen LogP contribution in [0.4, 0.5) is 0 Å². The van der Waals surface area contributed by atoms with Crippen molar-refractivity contribution in [1.29, 1.82) is 0 Å². The van der Waals surface area contributed by atoms with E-state index in [-0.39, 0.29) is 17.0 Å². The topological polar surface area (TPSA) is 133 Å². The number of carboxylic acids is 1. The van der Waals surface area contributed by atoms with E-state index >= 15 is 0 Å². The Kier molecular flexibility index (Phi) is 6.22. The predicted octanol–water partition coefficient (Wildman–Crippen LogP) is -1.13. The van der Waals surface area contributed by atoms with Gasteiger partial charge in [-0.15, -0.1) is 0 Å². The first-order valence-electron chi connectivity index (χ1n) is 6.44. The number of benzene rings is 1. The zero-order chi connectivity index (χ0) is 17.6. The van der Waals surface area contributed by atoms with Gasteiger partial charge in [0.25, 0.3) is 5.91 Å². The standard InChI is InChI=1S/C13H17N3O6S/c1-16(2)23(21,22)10-5-3-9(4-6-10)13(20)15-7-11(17)14-8-12(18)19/h3-6H,7-8H2,1-2H3,(H,14,17)(H,15,20)(H,18,19). The van der Waals surface area contributed by atoms with Gasteiger partial charge in [0, 0.05) is 19.7 Å². The highest BCUT2D eigenvalue weighted by atomic mass is 32.2. The maximum absolute atomic E-state index is 11.9. The molecule has 10 heteroatoms. The lowest BCUT2D eigenvalue weighted by Gasteiger charge is -2.11. The molecule has 1 rings (SSSR count). The van der Waals surface area contributed by atoms with Crippen LogP contribution in [0.1, 0.15) is 10.4 Å². The summed E-state index contributed by atoms with van der Waals surface area (Å²) in [5.74, 6) is -2.42. The van der Waals surface area contributed by atoms with Gasteiger partial charge >= 0.3 is 5.97 Å². The van der Waals surface area contributed by atoms with Crippen LogP contribution < -0.4 is 10.6 Å². The highest BCUT2D eigenvalue weighted by Gasteiger charge is 2.17. The van der Waals surface area contributed by atoms with Crippen molar-refractivity contribution in [2.24, 2.45) is 0 Å². The average Bonchev–Trinajstić information content (AvgIpc) is 2.50. The molecule has 0 fully saturated rings. The first kappa shape index (κ1) is 18.6. The molecule has 1 aromatic carbocycles. The quantitative estimate of drug-likeness (QED) is 0.574. The van der Waals surface area contributed by atoms with Crippen molar-refractivity contribution in [3.63, 3.8) is 0 Å².